The minimum atomic E-state index is -0.123. The summed E-state index contributed by atoms with van der Waals surface area (Å²) in [6, 6.07) is 16.2. The third kappa shape index (κ3) is 4.75. The highest BCUT2D eigenvalue weighted by Crippen LogP contribution is 2.32. The predicted molar refractivity (Wildman–Crippen MR) is 118 cm³/mol. The summed E-state index contributed by atoms with van der Waals surface area (Å²) in [4.78, 5) is 22.6. The van der Waals surface area contributed by atoms with E-state index in [1.54, 1.807) is 7.11 Å². The number of benzene rings is 2. The number of ether oxygens (including phenoxy) is 1. The molecule has 1 fully saturated rings. The number of hydrogen-bond donors (Lipinski definition) is 0. The molecule has 0 spiro atoms. The maximum absolute atomic E-state index is 12.9. The van der Waals surface area contributed by atoms with Crippen LogP contribution in [0, 0.1) is 5.92 Å². The topological polar surface area (TPSA) is 54.4 Å². The molecule has 6 nitrogen and oxygen atoms in total. The van der Waals surface area contributed by atoms with Gasteiger partial charge in [-0.2, -0.15) is 0 Å². The average molecular weight is 408 g/mol. The summed E-state index contributed by atoms with van der Waals surface area (Å²) in [5.41, 5.74) is 4.21. The molecule has 1 heterocycles. The van der Waals surface area contributed by atoms with Crippen molar-refractivity contribution in [2.75, 3.05) is 32.6 Å². The Hall–Kier alpha value is -3.02. The van der Waals surface area contributed by atoms with Gasteiger partial charge in [-0.1, -0.05) is 29.4 Å². The molecule has 0 saturated heterocycles. The minimum Gasteiger partial charge on any atom is -0.497 e. The number of methoxy groups -OCH3 is 1. The van der Waals surface area contributed by atoms with Crippen LogP contribution in [0.25, 0.3) is 0 Å². The predicted octanol–water partition coefficient (Wildman–Crippen LogP) is 3.69. The zero-order valence-electron chi connectivity index (χ0n) is 17.9. The molecule has 0 N–H and O–H groups in total. The highest BCUT2D eigenvalue weighted by molar-refractivity contribution is 6.01. The standard InChI is InChI=1S/C24H29N3O3/c1-26(2)20-11-9-18(10-12-20)23-14-22(30-25-23)16-27(24(28)19-7-8-19)15-17-5-4-6-21(13-17)29-3/h4-6,9-13,19,22H,7-8,14-16H2,1-3H3/t22-/m1/s1. The van der Waals surface area contributed by atoms with Gasteiger partial charge in [-0.05, 0) is 48.2 Å². The highest BCUT2D eigenvalue weighted by Gasteiger charge is 2.35. The monoisotopic (exact) mass is 407 g/mol. The first kappa shape index (κ1) is 20.3. The Morgan fingerprint density at radius 3 is 2.60 bits per heavy atom. The van der Waals surface area contributed by atoms with Crippen molar-refractivity contribution in [3.8, 4) is 5.75 Å². The maximum Gasteiger partial charge on any atom is 0.226 e. The first-order valence-electron chi connectivity index (χ1n) is 10.5. The van der Waals surface area contributed by atoms with Crippen LogP contribution in [0.4, 0.5) is 5.69 Å². The molecule has 1 aliphatic carbocycles. The van der Waals surface area contributed by atoms with Crippen LogP contribution >= 0.6 is 0 Å². The zero-order valence-corrected chi connectivity index (χ0v) is 17.9. The number of nitrogens with zero attached hydrogens (tertiary/aromatic N) is 3. The molecule has 0 radical (unpaired) electrons. The second kappa shape index (κ2) is 8.78. The van der Waals surface area contributed by atoms with E-state index >= 15 is 0 Å². The molecule has 4 rings (SSSR count). The van der Waals surface area contributed by atoms with Gasteiger partial charge >= 0.3 is 0 Å². The van der Waals surface area contributed by atoms with Crippen molar-refractivity contribution in [1.29, 1.82) is 0 Å². The van der Waals surface area contributed by atoms with Crippen molar-refractivity contribution in [2.45, 2.75) is 31.9 Å². The van der Waals surface area contributed by atoms with Crippen LogP contribution in [0.1, 0.15) is 30.4 Å². The van der Waals surface area contributed by atoms with Crippen LogP contribution in [0.2, 0.25) is 0 Å². The molecule has 30 heavy (non-hydrogen) atoms. The summed E-state index contributed by atoms with van der Waals surface area (Å²) in [7, 11) is 5.70. The van der Waals surface area contributed by atoms with E-state index in [2.05, 4.69) is 34.3 Å². The normalized spacial score (nSPS) is 17.8. The van der Waals surface area contributed by atoms with Crippen LogP contribution in [-0.4, -0.2) is 50.4 Å². The van der Waals surface area contributed by atoms with Gasteiger partial charge in [0.1, 0.15) is 5.75 Å². The number of rotatable bonds is 8. The van der Waals surface area contributed by atoms with Gasteiger partial charge < -0.3 is 19.4 Å². The Bertz CT molecular complexity index is 920. The van der Waals surface area contributed by atoms with Crippen LogP contribution in [0.5, 0.6) is 5.75 Å². The molecule has 2 aliphatic rings. The fourth-order valence-electron chi connectivity index (χ4n) is 3.71. The van der Waals surface area contributed by atoms with E-state index in [0.29, 0.717) is 19.5 Å². The van der Waals surface area contributed by atoms with Gasteiger partial charge in [0, 0.05) is 38.7 Å². The van der Waals surface area contributed by atoms with Crippen molar-refractivity contribution in [1.82, 2.24) is 4.90 Å². The average Bonchev–Trinajstić information content (AvgIpc) is 3.51. The highest BCUT2D eigenvalue weighted by atomic mass is 16.6. The van der Waals surface area contributed by atoms with Crippen molar-refractivity contribution < 1.29 is 14.4 Å². The quantitative estimate of drug-likeness (QED) is 0.670. The molecule has 1 aliphatic heterocycles. The van der Waals surface area contributed by atoms with Crippen LogP contribution < -0.4 is 9.64 Å². The van der Waals surface area contributed by atoms with Gasteiger partial charge in [0.05, 0.1) is 19.4 Å². The lowest BCUT2D eigenvalue weighted by Crippen LogP contribution is -2.38. The Balaban J connectivity index is 1.41. The Kier molecular flexibility index (Phi) is 5.93. The second-order valence-corrected chi connectivity index (χ2v) is 8.26. The summed E-state index contributed by atoms with van der Waals surface area (Å²) in [6.45, 7) is 1.09. The van der Waals surface area contributed by atoms with Gasteiger partial charge in [0.15, 0.2) is 6.10 Å². The Morgan fingerprint density at radius 2 is 1.93 bits per heavy atom. The van der Waals surface area contributed by atoms with Crippen molar-refractivity contribution in [3.05, 3.63) is 59.7 Å². The molecule has 1 amide bonds. The minimum absolute atomic E-state index is 0.123. The summed E-state index contributed by atoms with van der Waals surface area (Å²) in [5.74, 6) is 1.18. The number of amides is 1. The molecule has 2 aromatic carbocycles. The molecule has 1 saturated carbocycles. The number of hydrogen-bond acceptors (Lipinski definition) is 5. The fourth-order valence-corrected chi connectivity index (χ4v) is 3.71. The fraction of sp³-hybridized carbons (Fsp3) is 0.417. The van der Waals surface area contributed by atoms with E-state index in [4.69, 9.17) is 9.57 Å². The number of anilines is 1. The molecule has 2 aromatic rings. The van der Waals surface area contributed by atoms with Crippen molar-refractivity contribution >= 4 is 17.3 Å². The van der Waals surface area contributed by atoms with Crippen LogP contribution in [0.3, 0.4) is 0 Å². The van der Waals surface area contributed by atoms with E-state index in [-0.39, 0.29) is 17.9 Å². The van der Waals surface area contributed by atoms with Crippen LogP contribution in [0.15, 0.2) is 53.7 Å². The first-order chi connectivity index (χ1) is 14.5. The number of carbonyl (C=O) groups is 1. The smallest absolute Gasteiger partial charge is 0.226 e. The SMILES string of the molecule is COc1cccc(CN(C[C@H]2CC(c3ccc(N(C)C)cc3)=NO2)C(=O)C2CC2)c1. The number of oxime groups is 1. The summed E-state index contributed by atoms with van der Waals surface area (Å²) in [5, 5.41) is 4.31. The van der Waals surface area contributed by atoms with E-state index in [0.717, 1.165) is 41.1 Å². The van der Waals surface area contributed by atoms with Crippen LogP contribution in [-0.2, 0) is 16.2 Å². The summed E-state index contributed by atoms with van der Waals surface area (Å²) in [6.07, 6.45) is 2.55. The van der Waals surface area contributed by atoms with Gasteiger partial charge in [-0.3, -0.25) is 4.79 Å². The van der Waals surface area contributed by atoms with Gasteiger partial charge in [-0.25, -0.2) is 0 Å². The van der Waals surface area contributed by atoms with E-state index in [1.807, 2.05) is 43.3 Å². The van der Waals surface area contributed by atoms with Crippen molar-refractivity contribution in [3.63, 3.8) is 0 Å². The third-order valence-electron chi connectivity index (χ3n) is 5.62. The van der Waals surface area contributed by atoms with Gasteiger partial charge in [0.25, 0.3) is 0 Å². The van der Waals surface area contributed by atoms with E-state index in [1.165, 1.54) is 0 Å². The Labute approximate surface area is 178 Å². The molecule has 6 heteroatoms. The summed E-state index contributed by atoms with van der Waals surface area (Å²) >= 11 is 0. The first-order valence-corrected chi connectivity index (χ1v) is 10.5. The lowest BCUT2D eigenvalue weighted by Gasteiger charge is -2.25. The second-order valence-electron chi connectivity index (χ2n) is 8.26. The molecule has 0 aromatic heterocycles. The molecule has 0 unspecified atom stereocenters. The lowest BCUT2D eigenvalue weighted by molar-refractivity contribution is -0.135. The molecular formula is C24H29N3O3. The molecule has 1 atom stereocenters. The van der Waals surface area contributed by atoms with Gasteiger partial charge in [-0.15, -0.1) is 0 Å². The van der Waals surface area contributed by atoms with Crippen molar-refractivity contribution in [2.24, 2.45) is 11.1 Å². The molecule has 0 bridgehead atoms. The third-order valence-corrected chi connectivity index (χ3v) is 5.62. The van der Waals surface area contributed by atoms with E-state index in [9.17, 15) is 4.79 Å². The summed E-state index contributed by atoms with van der Waals surface area (Å²) < 4.78 is 5.33. The number of carbonyl (C=O) groups excluding carboxylic acids is 1. The zero-order chi connectivity index (χ0) is 21.1. The van der Waals surface area contributed by atoms with Gasteiger partial charge in [0.2, 0.25) is 5.91 Å². The largest absolute Gasteiger partial charge is 0.497 e. The molecule has 158 valence electrons. The molecular weight excluding hydrogens is 378 g/mol. The maximum atomic E-state index is 12.9. The lowest BCUT2D eigenvalue weighted by atomic mass is 10.0. The Morgan fingerprint density at radius 1 is 1.17 bits per heavy atom. The van der Waals surface area contributed by atoms with E-state index < -0.39 is 0 Å².